The Morgan fingerprint density at radius 1 is 0.917 bits per heavy atom. The van der Waals surface area contributed by atoms with Gasteiger partial charge in [0, 0.05) is 52.0 Å². The molecular formula is C27H38N6O3. The maximum Gasteiger partial charge on any atom is 0.332 e. The molecule has 0 saturated carbocycles. The number of hydrogen-bond donors (Lipinski definition) is 0. The quantitative estimate of drug-likeness (QED) is 0.404. The second kappa shape index (κ2) is 12.2. The highest BCUT2D eigenvalue weighted by Gasteiger charge is 2.20. The molecule has 0 N–H and O–H groups in total. The third-order valence-corrected chi connectivity index (χ3v) is 7.17. The molecule has 36 heavy (non-hydrogen) atoms. The summed E-state index contributed by atoms with van der Waals surface area (Å²) >= 11 is 0. The van der Waals surface area contributed by atoms with E-state index in [-0.39, 0.29) is 11.2 Å². The predicted octanol–water partition coefficient (Wildman–Crippen LogP) is 2.12. The molecule has 0 bridgehead atoms. The van der Waals surface area contributed by atoms with E-state index in [4.69, 9.17) is 4.74 Å². The van der Waals surface area contributed by atoms with Crippen molar-refractivity contribution in [1.82, 2.24) is 23.9 Å². The second-order valence-electron chi connectivity index (χ2n) is 9.15. The Morgan fingerprint density at radius 3 is 2.39 bits per heavy atom. The molecule has 0 spiro atoms. The summed E-state index contributed by atoms with van der Waals surface area (Å²) in [6, 6.07) is 11.6. The molecule has 9 heteroatoms. The van der Waals surface area contributed by atoms with Gasteiger partial charge in [-0.2, -0.15) is 0 Å². The minimum absolute atomic E-state index is 0.254. The van der Waals surface area contributed by atoms with Crippen LogP contribution in [0.2, 0.25) is 0 Å². The number of pyridine rings is 1. The molecule has 0 unspecified atom stereocenters. The van der Waals surface area contributed by atoms with Crippen molar-refractivity contribution in [2.75, 3.05) is 64.4 Å². The molecule has 1 aliphatic heterocycles. The van der Waals surface area contributed by atoms with Gasteiger partial charge in [-0.3, -0.25) is 18.8 Å². The normalized spacial score (nSPS) is 14.6. The van der Waals surface area contributed by atoms with Crippen molar-refractivity contribution in [1.29, 1.82) is 0 Å². The molecule has 1 fully saturated rings. The number of aromatic nitrogens is 3. The van der Waals surface area contributed by atoms with Crippen LogP contribution in [0.4, 0.5) is 5.69 Å². The molecule has 3 aromatic rings. The monoisotopic (exact) mass is 494 g/mol. The molecule has 9 nitrogen and oxygen atoms in total. The molecule has 1 saturated heterocycles. The first-order valence-corrected chi connectivity index (χ1v) is 13.0. The molecule has 0 aliphatic carbocycles. The summed E-state index contributed by atoms with van der Waals surface area (Å²) in [7, 11) is 1.70. The standard InChI is InChI=1S/C27H38N6O3/c1-4-29(5-2)14-9-15-32-25-22(10-8-13-28-25)26(34)33(27(32)35)21-18-30-16-19-31(20-17-30)23-11-6-7-12-24(23)36-3/h6-8,10-13H,4-5,9,14-21H2,1-3H3. The number of rotatable bonds is 11. The Hall–Kier alpha value is -3.17. The number of piperazine rings is 1. The van der Waals surface area contributed by atoms with Crippen molar-refractivity contribution >= 4 is 16.7 Å². The third-order valence-electron chi connectivity index (χ3n) is 7.17. The van der Waals surface area contributed by atoms with Crippen LogP contribution in [-0.4, -0.2) is 83.4 Å². The number of para-hydroxylation sites is 2. The summed E-state index contributed by atoms with van der Waals surface area (Å²) < 4.78 is 8.60. The van der Waals surface area contributed by atoms with Gasteiger partial charge >= 0.3 is 5.69 Å². The number of anilines is 1. The van der Waals surface area contributed by atoms with Gasteiger partial charge in [0.15, 0.2) is 0 Å². The first-order chi connectivity index (χ1) is 17.6. The number of aryl methyl sites for hydroxylation is 1. The Kier molecular flexibility index (Phi) is 8.77. The van der Waals surface area contributed by atoms with Crippen LogP contribution in [-0.2, 0) is 13.1 Å². The lowest BCUT2D eigenvalue weighted by atomic mass is 10.2. The van der Waals surface area contributed by atoms with Gasteiger partial charge in [-0.05, 0) is 50.3 Å². The van der Waals surface area contributed by atoms with Crippen molar-refractivity contribution in [2.24, 2.45) is 0 Å². The van der Waals surface area contributed by atoms with E-state index in [0.717, 1.165) is 63.7 Å². The van der Waals surface area contributed by atoms with Crippen molar-refractivity contribution in [3.05, 3.63) is 63.4 Å². The Labute approximate surface area is 212 Å². The van der Waals surface area contributed by atoms with E-state index in [0.29, 0.717) is 30.7 Å². The number of ether oxygens (including phenoxy) is 1. The van der Waals surface area contributed by atoms with Gasteiger partial charge in [-0.1, -0.05) is 26.0 Å². The van der Waals surface area contributed by atoms with Crippen LogP contribution in [0.3, 0.4) is 0 Å². The number of hydrogen-bond acceptors (Lipinski definition) is 7. The summed E-state index contributed by atoms with van der Waals surface area (Å²) in [5, 5.41) is 0.501. The van der Waals surface area contributed by atoms with E-state index in [9.17, 15) is 9.59 Å². The highest BCUT2D eigenvalue weighted by molar-refractivity contribution is 5.73. The zero-order valence-corrected chi connectivity index (χ0v) is 21.7. The summed E-state index contributed by atoms with van der Waals surface area (Å²) in [6.07, 6.45) is 2.48. The summed E-state index contributed by atoms with van der Waals surface area (Å²) in [6.45, 7) is 12.2. The van der Waals surface area contributed by atoms with Gasteiger partial charge in [0.1, 0.15) is 11.4 Å². The van der Waals surface area contributed by atoms with Crippen molar-refractivity contribution in [3.63, 3.8) is 0 Å². The van der Waals surface area contributed by atoms with Gasteiger partial charge in [-0.15, -0.1) is 0 Å². The highest BCUT2D eigenvalue weighted by Crippen LogP contribution is 2.28. The molecule has 4 rings (SSSR count). The largest absolute Gasteiger partial charge is 0.495 e. The summed E-state index contributed by atoms with van der Waals surface area (Å²) in [5.74, 6) is 0.879. The van der Waals surface area contributed by atoms with Crippen molar-refractivity contribution in [3.8, 4) is 5.75 Å². The number of methoxy groups -OCH3 is 1. The van der Waals surface area contributed by atoms with Gasteiger partial charge < -0.3 is 14.5 Å². The fourth-order valence-corrected chi connectivity index (χ4v) is 4.98. The third kappa shape index (κ3) is 5.63. The number of fused-ring (bicyclic) bond motifs is 1. The topological polar surface area (TPSA) is 75.8 Å². The van der Waals surface area contributed by atoms with Crippen molar-refractivity contribution in [2.45, 2.75) is 33.4 Å². The molecule has 0 atom stereocenters. The minimum atomic E-state index is -0.265. The Bertz CT molecular complexity index is 1260. The lowest BCUT2D eigenvalue weighted by Crippen LogP contribution is -2.49. The Balaban J connectivity index is 1.46. The average Bonchev–Trinajstić information content (AvgIpc) is 2.93. The summed E-state index contributed by atoms with van der Waals surface area (Å²) in [5.41, 5.74) is 1.06. The predicted molar refractivity (Wildman–Crippen MR) is 144 cm³/mol. The molecule has 2 aromatic heterocycles. The molecule has 1 aromatic carbocycles. The second-order valence-corrected chi connectivity index (χ2v) is 9.15. The smallest absolute Gasteiger partial charge is 0.332 e. The van der Waals surface area contributed by atoms with E-state index in [1.165, 1.54) is 4.57 Å². The van der Waals surface area contributed by atoms with Crippen LogP contribution in [0, 0.1) is 0 Å². The molecular weight excluding hydrogens is 456 g/mol. The van der Waals surface area contributed by atoms with Gasteiger partial charge in [0.25, 0.3) is 5.56 Å². The zero-order valence-electron chi connectivity index (χ0n) is 21.7. The van der Waals surface area contributed by atoms with Crippen LogP contribution >= 0.6 is 0 Å². The van der Waals surface area contributed by atoms with E-state index < -0.39 is 0 Å². The maximum atomic E-state index is 13.4. The number of benzene rings is 1. The summed E-state index contributed by atoms with van der Waals surface area (Å²) in [4.78, 5) is 38.0. The SMILES string of the molecule is CCN(CC)CCCn1c(=O)n(CCN2CCN(c3ccccc3OC)CC2)c(=O)c2cccnc21. The molecule has 1 aliphatic rings. The van der Waals surface area contributed by atoms with Gasteiger partial charge in [0.2, 0.25) is 0 Å². The number of nitrogens with zero attached hydrogens (tertiary/aromatic N) is 6. The van der Waals surface area contributed by atoms with E-state index in [1.807, 2.05) is 18.2 Å². The van der Waals surface area contributed by atoms with Crippen LogP contribution in [0.15, 0.2) is 52.2 Å². The van der Waals surface area contributed by atoms with E-state index >= 15 is 0 Å². The lowest BCUT2D eigenvalue weighted by Gasteiger charge is -2.36. The molecule has 3 heterocycles. The lowest BCUT2D eigenvalue weighted by molar-refractivity contribution is 0.244. The molecule has 0 radical (unpaired) electrons. The highest BCUT2D eigenvalue weighted by atomic mass is 16.5. The first kappa shape index (κ1) is 25.9. The maximum absolute atomic E-state index is 13.4. The van der Waals surface area contributed by atoms with Crippen LogP contribution in [0.1, 0.15) is 20.3 Å². The zero-order chi connectivity index (χ0) is 25.5. The molecule has 194 valence electrons. The fraction of sp³-hybridized carbons (Fsp3) is 0.519. The molecule has 0 amide bonds. The van der Waals surface area contributed by atoms with Crippen molar-refractivity contribution < 1.29 is 4.74 Å². The fourth-order valence-electron chi connectivity index (χ4n) is 4.98. The average molecular weight is 495 g/mol. The van der Waals surface area contributed by atoms with Crippen LogP contribution < -0.4 is 20.9 Å². The first-order valence-electron chi connectivity index (χ1n) is 13.0. The Morgan fingerprint density at radius 2 is 1.67 bits per heavy atom. The van der Waals surface area contributed by atoms with Crippen LogP contribution in [0.5, 0.6) is 5.75 Å². The van der Waals surface area contributed by atoms with E-state index in [2.05, 4.69) is 39.6 Å². The minimum Gasteiger partial charge on any atom is -0.495 e. The van der Waals surface area contributed by atoms with Crippen LogP contribution in [0.25, 0.3) is 11.0 Å². The van der Waals surface area contributed by atoms with Gasteiger partial charge in [0.05, 0.1) is 18.2 Å². The van der Waals surface area contributed by atoms with E-state index in [1.54, 1.807) is 30.0 Å². The van der Waals surface area contributed by atoms with Gasteiger partial charge in [-0.25, -0.2) is 9.78 Å².